The minimum atomic E-state index is -1.27. The van der Waals surface area contributed by atoms with E-state index >= 15 is 0 Å². The number of ether oxygens (including phenoxy) is 4. The second-order valence-electron chi connectivity index (χ2n) is 15.5. The first-order valence-corrected chi connectivity index (χ1v) is 21.2. The summed E-state index contributed by atoms with van der Waals surface area (Å²) in [5.74, 6) is 1.14. The van der Waals surface area contributed by atoms with Crippen LogP contribution in [0, 0.1) is 13.8 Å². The predicted octanol–water partition coefficient (Wildman–Crippen LogP) is 9.34. The fourth-order valence-electron chi connectivity index (χ4n) is 7.46. The van der Waals surface area contributed by atoms with Crippen LogP contribution in [0.3, 0.4) is 0 Å². The monoisotopic (exact) mass is 886 g/mol. The molecular weight excluding hydrogens is 843 g/mol. The Labute approximate surface area is 374 Å². The Balaban J connectivity index is 0.962. The summed E-state index contributed by atoms with van der Waals surface area (Å²) in [6.45, 7) is 4.69. The summed E-state index contributed by atoms with van der Waals surface area (Å²) in [5, 5.41) is 16.9. The highest BCUT2D eigenvalue weighted by Crippen LogP contribution is 2.41. The van der Waals surface area contributed by atoms with Gasteiger partial charge >= 0.3 is 12.0 Å². The second-order valence-corrected chi connectivity index (χ2v) is 16.3. The normalized spacial score (nSPS) is 15.7. The number of nitrogens with one attached hydrogen (secondary N) is 2. The summed E-state index contributed by atoms with van der Waals surface area (Å²) in [4.78, 5) is 46.4. The Hall–Kier alpha value is -6.76. The quantitative estimate of drug-likeness (QED) is 0.103. The van der Waals surface area contributed by atoms with Crippen LogP contribution < -0.4 is 29.6 Å². The Morgan fingerprint density at radius 3 is 2.32 bits per heavy atom. The lowest BCUT2D eigenvalue weighted by atomic mass is 9.92. The van der Waals surface area contributed by atoms with Gasteiger partial charge in [0.2, 0.25) is 5.91 Å². The van der Waals surface area contributed by atoms with Gasteiger partial charge in [-0.3, -0.25) is 9.78 Å². The lowest BCUT2D eigenvalue weighted by Gasteiger charge is -2.37. The highest BCUT2D eigenvalue weighted by molar-refractivity contribution is 6.42. The van der Waals surface area contributed by atoms with Crippen LogP contribution in [-0.2, 0) is 42.1 Å². The number of hydrogen-bond donors (Lipinski definition) is 3. The number of benzene rings is 5. The van der Waals surface area contributed by atoms with Crippen molar-refractivity contribution in [1.29, 1.82) is 0 Å². The number of aryl methyl sites for hydroxylation is 1. The van der Waals surface area contributed by atoms with Crippen LogP contribution in [0.2, 0.25) is 10.0 Å². The molecule has 12 nitrogen and oxygen atoms in total. The van der Waals surface area contributed by atoms with Crippen molar-refractivity contribution in [2.45, 2.75) is 64.6 Å². The summed E-state index contributed by atoms with van der Waals surface area (Å²) in [7, 11) is 0. The molecule has 6 aromatic rings. The fourth-order valence-corrected chi connectivity index (χ4v) is 7.79. The summed E-state index contributed by atoms with van der Waals surface area (Å²) in [6, 6.07) is 32.1. The zero-order valence-corrected chi connectivity index (χ0v) is 36.0. The number of carbonyl (C=O) groups excluding carboxylic acids is 2. The number of hydrogen-bond acceptors (Lipinski definition) is 8. The van der Waals surface area contributed by atoms with Gasteiger partial charge in [0, 0.05) is 43.4 Å². The number of carboxylic acid groups (broad SMARTS) is 1. The van der Waals surface area contributed by atoms with Gasteiger partial charge < -0.3 is 39.6 Å². The topological polar surface area (TPSA) is 149 Å². The number of fused-ring (bicyclic) bond motifs is 2. The maximum Gasteiger partial charge on any atom is 0.326 e. The number of nitrogens with zero attached hydrogens (tertiary/aromatic N) is 2. The Morgan fingerprint density at radius 2 is 1.57 bits per heavy atom. The lowest BCUT2D eigenvalue weighted by molar-refractivity contribution is -0.142. The van der Waals surface area contributed by atoms with Gasteiger partial charge in [-0.1, -0.05) is 83.9 Å². The lowest BCUT2D eigenvalue weighted by Crippen LogP contribution is -2.57. The van der Waals surface area contributed by atoms with Crippen molar-refractivity contribution in [3.8, 4) is 28.7 Å². The number of aliphatic carboxylic acids is 1. The van der Waals surface area contributed by atoms with E-state index in [4.69, 9.17) is 42.1 Å². The van der Waals surface area contributed by atoms with Crippen LogP contribution in [0.15, 0.2) is 121 Å². The first kappa shape index (κ1) is 42.9. The molecule has 8 rings (SSSR count). The summed E-state index contributed by atoms with van der Waals surface area (Å²) in [5.41, 5.74) is 6.66. The fraction of sp³-hybridized carbons (Fsp3) is 0.224. The van der Waals surface area contributed by atoms with Gasteiger partial charge in [-0.05, 0) is 102 Å². The third-order valence-electron chi connectivity index (χ3n) is 11.2. The molecule has 3 amide bonds. The molecule has 0 bridgehead atoms. The number of carboxylic acids is 1. The highest BCUT2D eigenvalue weighted by atomic mass is 35.5. The van der Waals surface area contributed by atoms with Gasteiger partial charge in [0.05, 0.1) is 10.0 Å². The smallest absolute Gasteiger partial charge is 0.326 e. The molecule has 0 aliphatic carbocycles. The van der Waals surface area contributed by atoms with E-state index in [1.54, 1.807) is 48.7 Å². The molecular formula is C49H44Cl2N4O8. The van der Waals surface area contributed by atoms with E-state index in [1.807, 2.05) is 86.6 Å². The second kappa shape index (κ2) is 19.1. The summed E-state index contributed by atoms with van der Waals surface area (Å²) < 4.78 is 24.7. The minimum absolute atomic E-state index is 0.00654. The van der Waals surface area contributed by atoms with Crippen LogP contribution in [0.4, 0.5) is 4.79 Å². The van der Waals surface area contributed by atoms with Crippen LogP contribution >= 0.6 is 23.2 Å². The molecule has 3 unspecified atom stereocenters. The largest absolute Gasteiger partial charge is 0.489 e. The number of halogens is 2. The molecule has 14 heteroatoms. The van der Waals surface area contributed by atoms with E-state index in [2.05, 4.69) is 15.6 Å². The van der Waals surface area contributed by atoms with Crippen LogP contribution in [0.25, 0.3) is 0 Å². The van der Waals surface area contributed by atoms with E-state index in [1.165, 1.54) is 4.90 Å². The van der Waals surface area contributed by atoms with Gasteiger partial charge in [0.1, 0.15) is 42.5 Å². The molecule has 63 heavy (non-hydrogen) atoms. The van der Waals surface area contributed by atoms with E-state index < -0.39 is 36.1 Å². The first-order valence-electron chi connectivity index (χ1n) is 20.4. The van der Waals surface area contributed by atoms with E-state index in [0.717, 1.165) is 39.1 Å². The van der Waals surface area contributed by atoms with Gasteiger partial charge in [-0.25, -0.2) is 9.59 Å². The van der Waals surface area contributed by atoms with E-state index in [9.17, 15) is 19.5 Å². The molecule has 5 aromatic carbocycles. The third kappa shape index (κ3) is 10.3. The van der Waals surface area contributed by atoms with E-state index in [-0.39, 0.29) is 32.5 Å². The number of aromatic nitrogens is 1. The van der Waals surface area contributed by atoms with Gasteiger partial charge in [-0.15, -0.1) is 0 Å². The maximum absolute atomic E-state index is 14.2. The molecule has 322 valence electrons. The van der Waals surface area contributed by atoms with Crippen LogP contribution in [0.5, 0.6) is 28.7 Å². The Bertz CT molecular complexity index is 2630. The molecule has 0 saturated carbocycles. The van der Waals surface area contributed by atoms with Gasteiger partial charge in [0.25, 0.3) is 0 Å². The number of urea groups is 1. The van der Waals surface area contributed by atoms with Gasteiger partial charge in [-0.2, -0.15) is 0 Å². The van der Waals surface area contributed by atoms with Crippen molar-refractivity contribution in [3.05, 3.63) is 176 Å². The summed E-state index contributed by atoms with van der Waals surface area (Å²) >= 11 is 12.2. The molecule has 0 saturated heterocycles. The zero-order valence-electron chi connectivity index (χ0n) is 34.5. The Morgan fingerprint density at radius 1 is 0.841 bits per heavy atom. The molecule has 0 spiro atoms. The van der Waals surface area contributed by atoms with Crippen molar-refractivity contribution in [1.82, 2.24) is 20.5 Å². The van der Waals surface area contributed by atoms with Crippen molar-refractivity contribution in [3.63, 3.8) is 0 Å². The molecule has 1 aromatic heterocycles. The van der Waals surface area contributed by atoms with E-state index in [0.29, 0.717) is 51.0 Å². The third-order valence-corrected chi connectivity index (χ3v) is 11.9. The SMILES string of the molecule is Cc1nccc(Oc2ccc(CC(NC(=O)C3Cc4cc5c(cc4CN3C(=O)NCc3ccccc3)OC(c3ccc(OCc4ccc(Cl)c(Cl)c4)cc3)CO5)C(=O)O)cc2)c1C. The number of pyridine rings is 1. The average Bonchev–Trinajstić information content (AvgIpc) is 3.29. The minimum Gasteiger partial charge on any atom is -0.489 e. The van der Waals surface area contributed by atoms with Crippen molar-refractivity contribution in [2.75, 3.05) is 6.61 Å². The van der Waals surface area contributed by atoms with Crippen LogP contribution in [-0.4, -0.2) is 51.6 Å². The standard InChI is InChI=1S/C49H44Cl2N4O8/c1-29-30(2)52-19-18-43(29)62-38-13-8-31(9-14-38)21-41(48(57)58)54-47(56)42-22-35-23-44-45(24-36(35)26-55(42)49(59)53-25-32-6-4-3-5-7-32)63-46(28-61-44)34-11-15-37(16-12-34)60-27-33-10-17-39(50)40(51)20-33/h3-20,23-24,41-42,46H,21-22,25-28H2,1-2H3,(H,53,59)(H,54,56)(H,57,58). The molecule has 0 radical (unpaired) electrons. The molecule has 3 N–H and O–H groups in total. The first-order chi connectivity index (χ1) is 30.5. The number of carbonyl (C=O) groups is 3. The van der Waals surface area contributed by atoms with Crippen molar-refractivity contribution >= 4 is 41.1 Å². The average molecular weight is 888 g/mol. The molecule has 2 aliphatic heterocycles. The number of rotatable bonds is 13. The van der Waals surface area contributed by atoms with Crippen molar-refractivity contribution < 1.29 is 38.4 Å². The molecule has 0 fully saturated rings. The molecule has 3 heterocycles. The van der Waals surface area contributed by atoms with Crippen LogP contribution in [0.1, 0.15) is 50.7 Å². The Kier molecular flexibility index (Phi) is 13.0. The zero-order chi connectivity index (χ0) is 44.0. The maximum atomic E-state index is 14.2. The highest BCUT2D eigenvalue weighted by Gasteiger charge is 2.38. The molecule has 2 aliphatic rings. The number of amides is 3. The molecule has 3 atom stereocenters. The summed E-state index contributed by atoms with van der Waals surface area (Å²) in [6.07, 6.45) is 1.39. The van der Waals surface area contributed by atoms with Gasteiger partial charge in [0.15, 0.2) is 17.6 Å². The van der Waals surface area contributed by atoms with Crippen molar-refractivity contribution in [2.24, 2.45) is 0 Å². The predicted molar refractivity (Wildman–Crippen MR) is 238 cm³/mol.